The topological polar surface area (TPSA) is 71.3 Å². The van der Waals surface area contributed by atoms with E-state index in [4.69, 9.17) is 0 Å². The normalized spacial score (nSPS) is 11.1. The van der Waals surface area contributed by atoms with E-state index in [1.807, 2.05) is 25.1 Å². The fourth-order valence-corrected chi connectivity index (χ4v) is 3.60. The Morgan fingerprint density at radius 3 is 2.38 bits per heavy atom. The van der Waals surface area contributed by atoms with Crippen molar-refractivity contribution < 1.29 is 0 Å². The molecule has 8 heteroatoms. The van der Waals surface area contributed by atoms with Crippen molar-refractivity contribution >= 4 is 41.3 Å². The Balaban J connectivity index is 0.00000300. The molecule has 2 aromatic heterocycles. The molecule has 1 aromatic carbocycles. The fourth-order valence-electron chi connectivity index (χ4n) is 2.73. The van der Waals surface area contributed by atoms with Crippen LogP contribution >= 0.6 is 35.3 Å². The third kappa shape index (κ3) is 6.67. The summed E-state index contributed by atoms with van der Waals surface area (Å²) in [5, 5.41) is 7.67. The fraction of sp³-hybridized carbons (Fsp3) is 0.286. The molecule has 6 nitrogen and oxygen atoms in total. The second-order valence-electron chi connectivity index (χ2n) is 6.51. The predicted molar refractivity (Wildman–Crippen MR) is 130 cm³/mol. The van der Waals surface area contributed by atoms with Gasteiger partial charge >= 0.3 is 0 Å². The maximum atomic E-state index is 11.8. The van der Waals surface area contributed by atoms with Crippen LogP contribution in [0.5, 0.6) is 0 Å². The average molecular weight is 523 g/mol. The van der Waals surface area contributed by atoms with Crippen LogP contribution < -0.4 is 16.2 Å². The van der Waals surface area contributed by atoms with Gasteiger partial charge in [0, 0.05) is 30.7 Å². The number of rotatable bonds is 6. The van der Waals surface area contributed by atoms with Crippen LogP contribution in [0.1, 0.15) is 26.7 Å². The summed E-state index contributed by atoms with van der Waals surface area (Å²) in [6.07, 6.45) is 1.80. The molecule has 0 radical (unpaired) electrons. The molecular weight excluding hydrogens is 497 g/mol. The van der Waals surface area contributed by atoms with Crippen molar-refractivity contribution in [3.8, 4) is 0 Å². The SMILES string of the molecule is CN=C(NCc1ccc(Cn2ccccc2=O)cc1)NCc1nc(C)c(C)s1.I. The molecule has 0 aliphatic carbocycles. The highest BCUT2D eigenvalue weighted by molar-refractivity contribution is 14.0. The predicted octanol–water partition coefficient (Wildman–Crippen LogP) is 3.45. The first-order valence-corrected chi connectivity index (χ1v) is 9.97. The summed E-state index contributed by atoms with van der Waals surface area (Å²) in [5.74, 6) is 0.741. The average Bonchev–Trinajstić information content (AvgIpc) is 3.02. The molecule has 0 aliphatic rings. The summed E-state index contributed by atoms with van der Waals surface area (Å²) in [6.45, 7) is 6.01. The quantitative estimate of drug-likeness (QED) is 0.295. The molecule has 2 N–H and O–H groups in total. The highest BCUT2D eigenvalue weighted by Gasteiger charge is 2.05. The Hall–Kier alpha value is -2.20. The van der Waals surface area contributed by atoms with E-state index < -0.39 is 0 Å². The lowest BCUT2D eigenvalue weighted by molar-refractivity contribution is 0.758. The van der Waals surface area contributed by atoms with E-state index in [1.54, 1.807) is 41.3 Å². The summed E-state index contributed by atoms with van der Waals surface area (Å²) < 4.78 is 1.70. The minimum absolute atomic E-state index is 0. The molecule has 2 heterocycles. The van der Waals surface area contributed by atoms with Gasteiger partial charge < -0.3 is 15.2 Å². The van der Waals surface area contributed by atoms with Crippen LogP contribution in [0.25, 0.3) is 0 Å². The zero-order valence-corrected chi connectivity index (χ0v) is 20.0. The molecule has 0 saturated carbocycles. The van der Waals surface area contributed by atoms with Gasteiger partial charge in [0.25, 0.3) is 5.56 Å². The minimum Gasteiger partial charge on any atom is -0.352 e. The van der Waals surface area contributed by atoms with Gasteiger partial charge in [0.05, 0.1) is 18.8 Å². The number of benzene rings is 1. The zero-order chi connectivity index (χ0) is 19.9. The van der Waals surface area contributed by atoms with Crippen molar-refractivity contribution in [3.05, 3.63) is 85.7 Å². The standard InChI is InChI=1S/C21H25N5OS.HI/c1-15-16(2)28-19(25-15)13-24-21(22-3)23-12-17-7-9-18(10-8-17)14-26-11-5-4-6-20(26)27;/h4-11H,12-14H2,1-3H3,(H2,22,23,24);1H. The van der Waals surface area contributed by atoms with Crippen molar-refractivity contribution in [3.63, 3.8) is 0 Å². The zero-order valence-electron chi connectivity index (χ0n) is 16.8. The van der Waals surface area contributed by atoms with Gasteiger partial charge in [0.2, 0.25) is 0 Å². The number of pyridine rings is 1. The van der Waals surface area contributed by atoms with Crippen LogP contribution in [0, 0.1) is 13.8 Å². The first-order valence-electron chi connectivity index (χ1n) is 9.16. The van der Waals surface area contributed by atoms with Gasteiger partial charge in [-0.2, -0.15) is 0 Å². The number of thiazole rings is 1. The summed E-state index contributed by atoms with van der Waals surface area (Å²) in [6, 6.07) is 13.4. The molecule has 3 aromatic rings. The maximum absolute atomic E-state index is 11.8. The first-order chi connectivity index (χ1) is 13.5. The van der Waals surface area contributed by atoms with E-state index in [1.165, 1.54) is 4.88 Å². The van der Waals surface area contributed by atoms with Gasteiger partial charge in [0.15, 0.2) is 5.96 Å². The number of nitrogens with one attached hydrogen (secondary N) is 2. The number of guanidine groups is 1. The Labute approximate surface area is 192 Å². The summed E-state index contributed by atoms with van der Waals surface area (Å²) in [7, 11) is 1.76. The molecule has 0 unspecified atom stereocenters. The smallest absolute Gasteiger partial charge is 0.250 e. The molecule has 0 atom stereocenters. The lowest BCUT2D eigenvalue weighted by Gasteiger charge is -2.11. The summed E-state index contributed by atoms with van der Waals surface area (Å²) >= 11 is 1.70. The van der Waals surface area contributed by atoms with Crippen molar-refractivity contribution in [2.75, 3.05) is 7.05 Å². The minimum atomic E-state index is 0. The van der Waals surface area contributed by atoms with E-state index >= 15 is 0 Å². The Kier molecular flexibility index (Phi) is 8.84. The van der Waals surface area contributed by atoms with Gasteiger partial charge in [-0.25, -0.2) is 4.98 Å². The number of aromatic nitrogens is 2. The number of aryl methyl sites for hydroxylation is 2. The van der Waals surface area contributed by atoms with Crippen LogP contribution in [0.2, 0.25) is 0 Å². The van der Waals surface area contributed by atoms with Crippen LogP contribution in [0.15, 0.2) is 58.4 Å². The molecule has 154 valence electrons. The van der Waals surface area contributed by atoms with Gasteiger partial charge in [0.1, 0.15) is 5.01 Å². The molecule has 0 spiro atoms. The molecule has 0 saturated heterocycles. The number of hydrogen-bond acceptors (Lipinski definition) is 4. The van der Waals surface area contributed by atoms with Crippen molar-refractivity contribution in [1.29, 1.82) is 0 Å². The van der Waals surface area contributed by atoms with Crippen LogP contribution in [0.4, 0.5) is 0 Å². The maximum Gasteiger partial charge on any atom is 0.250 e. The molecule has 0 amide bonds. The van der Waals surface area contributed by atoms with Crippen LogP contribution in [-0.2, 0) is 19.6 Å². The number of nitrogens with zero attached hydrogens (tertiary/aromatic N) is 3. The monoisotopic (exact) mass is 523 g/mol. The third-order valence-electron chi connectivity index (χ3n) is 4.44. The van der Waals surface area contributed by atoms with Crippen LogP contribution in [0.3, 0.4) is 0 Å². The molecule has 0 bridgehead atoms. The number of hydrogen-bond donors (Lipinski definition) is 2. The third-order valence-corrected chi connectivity index (χ3v) is 5.51. The Morgan fingerprint density at radius 2 is 1.76 bits per heavy atom. The van der Waals surface area contributed by atoms with Crippen molar-refractivity contribution in [1.82, 2.24) is 20.2 Å². The lowest BCUT2D eigenvalue weighted by atomic mass is 10.1. The van der Waals surface area contributed by atoms with E-state index in [-0.39, 0.29) is 29.5 Å². The lowest BCUT2D eigenvalue weighted by Crippen LogP contribution is -2.36. The number of halogens is 1. The Morgan fingerprint density at radius 1 is 1.07 bits per heavy atom. The molecule has 3 rings (SSSR count). The van der Waals surface area contributed by atoms with Gasteiger partial charge in [-0.15, -0.1) is 35.3 Å². The van der Waals surface area contributed by atoms with Crippen LogP contribution in [-0.4, -0.2) is 22.6 Å². The van der Waals surface area contributed by atoms with Gasteiger partial charge in [-0.1, -0.05) is 30.3 Å². The molecule has 0 aliphatic heterocycles. The summed E-state index contributed by atoms with van der Waals surface area (Å²) in [4.78, 5) is 21.9. The second kappa shape index (κ2) is 11.1. The molecule has 29 heavy (non-hydrogen) atoms. The van der Waals surface area contributed by atoms with E-state index in [9.17, 15) is 4.79 Å². The second-order valence-corrected chi connectivity index (χ2v) is 7.80. The largest absolute Gasteiger partial charge is 0.352 e. The van der Waals surface area contributed by atoms with Gasteiger partial charge in [-0.3, -0.25) is 9.79 Å². The molecular formula is C21H26IN5OS. The van der Waals surface area contributed by atoms with E-state index in [0.717, 1.165) is 27.8 Å². The van der Waals surface area contributed by atoms with E-state index in [2.05, 4.69) is 39.7 Å². The highest BCUT2D eigenvalue weighted by atomic mass is 127. The van der Waals surface area contributed by atoms with Gasteiger partial charge in [-0.05, 0) is 31.0 Å². The van der Waals surface area contributed by atoms with E-state index in [0.29, 0.717) is 19.6 Å². The van der Waals surface area contributed by atoms with Crippen molar-refractivity contribution in [2.24, 2.45) is 4.99 Å². The number of aliphatic imine (C=N–C) groups is 1. The molecule has 0 fully saturated rings. The summed E-state index contributed by atoms with van der Waals surface area (Å²) in [5.41, 5.74) is 3.33. The van der Waals surface area contributed by atoms with Crippen molar-refractivity contribution in [2.45, 2.75) is 33.5 Å². The Bertz CT molecular complexity index is 991. The highest BCUT2D eigenvalue weighted by Crippen LogP contribution is 2.15. The first kappa shape index (κ1) is 23.1.